The van der Waals surface area contributed by atoms with Crippen molar-refractivity contribution in [3.8, 4) is 0 Å². The van der Waals surface area contributed by atoms with E-state index in [1.807, 2.05) is 0 Å². The van der Waals surface area contributed by atoms with Gasteiger partial charge in [0.2, 0.25) is 0 Å². The van der Waals surface area contributed by atoms with Gasteiger partial charge in [-0.15, -0.1) is 0 Å². The van der Waals surface area contributed by atoms with Crippen molar-refractivity contribution in [1.29, 1.82) is 0 Å². The lowest BCUT2D eigenvalue weighted by Crippen LogP contribution is -2.34. The SMILES string of the molecule is CCN(CCNc1ccc(F)cc1[N+](=O)[O-])C(C)C. The molecule has 0 spiro atoms. The van der Waals surface area contributed by atoms with Gasteiger partial charge >= 0.3 is 0 Å². The van der Waals surface area contributed by atoms with Gasteiger partial charge in [0.05, 0.1) is 11.0 Å². The average Bonchev–Trinajstić information content (AvgIpc) is 2.35. The fraction of sp³-hybridized carbons (Fsp3) is 0.538. The molecule has 6 heteroatoms. The van der Waals surface area contributed by atoms with Crippen molar-refractivity contribution >= 4 is 11.4 Å². The van der Waals surface area contributed by atoms with Gasteiger partial charge in [0.25, 0.3) is 5.69 Å². The second-order valence-corrected chi connectivity index (χ2v) is 4.57. The second kappa shape index (κ2) is 7.04. The first-order chi connectivity index (χ1) is 8.95. The van der Waals surface area contributed by atoms with Gasteiger partial charge < -0.3 is 5.32 Å². The number of likely N-dealkylation sites (N-methyl/N-ethyl adjacent to an activating group) is 1. The van der Waals surface area contributed by atoms with Crippen LogP contribution in [0.15, 0.2) is 18.2 Å². The molecule has 19 heavy (non-hydrogen) atoms. The molecule has 0 radical (unpaired) electrons. The van der Waals surface area contributed by atoms with Gasteiger partial charge in [-0.2, -0.15) is 0 Å². The summed E-state index contributed by atoms with van der Waals surface area (Å²) in [5, 5.41) is 13.8. The van der Waals surface area contributed by atoms with Gasteiger partial charge in [-0.3, -0.25) is 15.0 Å². The number of anilines is 1. The summed E-state index contributed by atoms with van der Waals surface area (Å²) in [6.07, 6.45) is 0. The third-order valence-electron chi connectivity index (χ3n) is 3.01. The minimum atomic E-state index is -0.602. The van der Waals surface area contributed by atoms with Crippen LogP contribution in [0.4, 0.5) is 15.8 Å². The van der Waals surface area contributed by atoms with Crippen LogP contribution in [0.2, 0.25) is 0 Å². The molecule has 0 aromatic heterocycles. The lowest BCUT2D eigenvalue weighted by molar-refractivity contribution is -0.384. The standard InChI is InChI=1S/C13H20FN3O2/c1-4-16(10(2)3)8-7-15-12-6-5-11(14)9-13(12)17(18)19/h5-6,9-10,15H,4,7-8H2,1-3H3. The van der Waals surface area contributed by atoms with Crippen LogP contribution in [0.1, 0.15) is 20.8 Å². The number of halogens is 1. The Bertz CT molecular complexity index is 438. The van der Waals surface area contributed by atoms with Crippen molar-refractivity contribution in [2.75, 3.05) is 25.0 Å². The molecule has 106 valence electrons. The first-order valence-corrected chi connectivity index (χ1v) is 6.37. The zero-order valence-electron chi connectivity index (χ0n) is 11.5. The molecule has 0 bridgehead atoms. The molecule has 0 saturated heterocycles. The van der Waals surface area contributed by atoms with Crippen LogP contribution < -0.4 is 5.32 Å². The predicted molar refractivity (Wildman–Crippen MR) is 73.9 cm³/mol. The molecule has 1 aromatic carbocycles. The minimum absolute atomic E-state index is 0.229. The molecule has 0 atom stereocenters. The average molecular weight is 269 g/mol. The Hall–Kier alpha value is -1.69. The highest BCUT2D eigenvalue weighted by atomic mass is 19.1. The Kier molecular flexibility index (Phi) is 5.69. The number of nitrogens with zero attached hydrogens (tertiary/aromatic N) is 2. The van der Waals surface area contributed by atoms with Gasteiger partial charge in [-0.25, -0.2) is 4.39 Å². The van der Waals surface area contributed by atoms with E-state index in [0.717, 1.165) is 19.2 Å². The van der Waals surface area contributed by atoms with Crippen LogP contribution in [0.5, 0.6) is 0 Å². The van der Waals surface area contributed by atoms with Crippen LogP contribution >= 0.6 is 0 Å². The third kappa shape index (κ3) is 4.48. The first-order valence-electron chi connectivity index (χ1n) is 6.37. The number of benzene rings is 1. The highest BCUT2D eigenvalue weighted by Crippen LogP contribution is 2.24. The van der Waals surface area contributed by atoms with Crippen molar-refractivity contribution in [2.45, 2.75) is 26.8 Å². The summed E-state index contributed by atoms with van der Waals surface area (Å²) in [5.41, 5.74) is 0.124. The van der Waals surface area contributed by atoms with Crippen LogP contribution in [-0.4, -0.2) is 35.5 Å². The van der Waals surface area contributed by atoms with Crippen molar-refractivity contribution < 1.29 is 9.31 Å². The van der Waals surface area contributed by atoms with Crippen molar-refractivity contribution in [1.82, 2.24) is 4.90 Å². The van der Waals surface area contributed by atoms with Gasteiger partial charge in [0, 0.05) is 19.1 Å². The third-order valence-corrected chi connectivity index (χ3v) is 3.01. The summed E-state index contributed by atoms with van der Waals surface area (Å²) in [4.78, 5) is 12.5. The van der Waals surface area contributed by atoms with E-state index in [4.69, 9.17) is 0 Å². The fourth-order valence-electron chi connectivity index (χ4n) is 1.92. The molecule has 0 aliphatic heterocycles. The van der Waals surface area contributed by atoms with Crippen molar-refractivity contribution in [3.05, 3.63) is 34.1 Å². The summed E-state index contributed by atoms with van der Waals surface area (Å²) in [7, 11) is 0. The summed E-state index contributed by atoms with van der Waals surface area (Å²) in [6.45, 7) is 8.56. The summed E-state index contributed by atoms with van der Waals surface area (Å²) in [5.74, 6) is -0.602. The molecule has 5 nitrogen and oxygen atoms in total. The maximum Gasteiger partial charge on any atom is 0.295 e. The minimum Gasteiger partial charge on any atom is -0.378 e. The lowest BCUT2D eigenvalue weighted by Gasteiger charge is -2.24. The molecule has 1 aromatic rings. The summed E-state index contributed by atoms with van der Waals surface area (Å²) < 4.78 is 13.0. The van der Waals surface area contributed by atoms with E-state index < -0.39 is 10.7 Å². The highest BCUT2D eigenvalue weighted by Gasteiger charge is 2.15. The Morgan fingerprint density at radius 3 is 2.68 bits per heavy atom. The van der Waals surface area contributed by atoms with E-state index in [2.05, 4.69) is 31.0 Å². The number of nitrogens with one attached hydrogen (secondary N) is 1. The van der Waals surface area contributed by atoms with Gasteiger partial charge in [0.15, 0.2) is 0 Å². The normalized spacial score (nSPS) is 11.1. The number of hydrogen-bond acceptors (Lipinski definition) is 4. The Morgan fingerprint density at radius 2 is 2.16 bits per heavy atom. The van der Waals surface area contributed by atoms with E-state index in [0.29, 0.717) is 18.3 Å². The number of hydrogen-bond donors (Lipinski definition) is 1. The van der Waals surface area contributed by atoms with E-state index >= 15 is 0 Å². The maximum absolute atomic E-state index is 13.0. The zero-order chi connectivity index (χ0) is 14.4. The highest BCUT2D eigenvalue weighted by molar-refractivity contribution is 5.61. The van der Waals surface area contributed by atoms with Crippen LogP contribution in [-0.2, 0) is 0 Å². The molecular weight excluding hydrogens is 249 g/mol. The predicted octanol–water partition coefficient (Wildman–Crippen LogP) is 2.88. The summed E-state index contributed by atoms with van der Waals surface area (Å²) >= 11 is 0. The molecule has 0 fully saturated rings. The summed E-state index contributed by atoms with van der Waals surface area (Å²) in [6, 6.07) is 3.98. The van der Waals surface area contributed by atoms with Gasteiger partial charge in [-0.1, -0.05) is 6.92 Å². The Balaban J connectivity index is 2.65. The van der Waals surface area contributed by atoms with E-state index in [-0.39, 0.29) is 5.69 Å². The quantitative estimate of drug-likeness (QED) is 0.611. The number of rotatable bonds is 7. The largest absolute Gasteiger partial charge is 0.378 e. The van der Waals surface area contributed by atoms with Gasteiger partial charge in [-0.05, 0) is 32.5 Å². The monoisotopic (exact) mass is 269 g/mol. The molecule has 0 aliphatic rings. The van der Waals surface area contributed by atoms with Gasteiger partial charge in [0.1, 0.15) is 11.5 Å². The zero-order valence-corrected chi connectivity index (χ0v) is 11.5. The fourth-order valence-corrected chi connectivity index (χ4v) is 1.92. The Labute approximate surface area is 112 Å². The second-order valence-electron chi connectivity index (χ2n) is 4.57. The number of nitro benzene ring substituents is 1. The van der Waals surface area contributed by atoms with E-state index in [1.165, 1.54) is 12.1 Å². The van der Waals surface area contributed by atoms with Crippen LogP contribution in [0.3, 0.4) is 0 Å². The van der Waals surface area contributed by atoms with E-state index in [9.17, 15) is 14.5 Å². The number of nitro groups is 1. The molecule has 0 amide bonds. The maximum atomic E-state index is 13.0. The molecule has 0 heterocycles. The van der Waals surface area contributed by atoms with Crippen LogP contribution in [0, 0.1) is 15.9 Å². The van der Waals surface area contributed by atoms with Crippen molar-refractivity contribution in [3.63, 3.8) is 0 Å². The molecule has 1 rings (SSSR count). The molecular formula is C13H20FN3O2. The smallest absolute Gasteiger partial charge is 0.295 e. The van der Waals surface area contributed by atoms with E-state index in [1.54, 1.807) is 0 Å². The van der Waals surface area contributed by atoms with Crippen LogP contribution in [0.25, 0.3) is 0 Å². The molecule has 1 N–H and O–H groups in total. The molecule has 0 aliphatic carbocycles. The topological polar surface area (TPSA) is 58.4 Å². The van der Waals surface area contributed by atoms with Crippen molar-refractivity contribution in [2.24, 2.45) is 0 Å². The molecule has 0 saturated carbocycles. The first kappa shape index (κ1) is 15.4. The lowest BCUT2D eigenvalue weighted by atomic mass is 10.2. The Morgan fingerprint density at radius 1 is 1.47 bits per heavy atom. The molecule has 0 unspecified atom stereocenters.